The van der Waals surface area contributed by atoms with E-state index in [0.717, 1.165) is 42.5 Å². The molecule has 155 valence electrons. The Morgan fingerprint density at radius 3 is 2.67 bits per heavy atom. The van der Waals surface area contributed by atoms with E-state index in [1.54, 1.807) is 6.07 Å². The van der Waals surface area contributed by atoms with Crippen molar-refractivity contribution in [2.24, 2.45) is 17.8 Å². The fraction of sp³-hybridized carbons (Fsp3) is 0.333. The van der Waals surface area contributed by atoms with Crippen molar-refractivity contribution in [3.63, 3.8) is 0 Å². The molecule has 1 saturated heterocycles. The monoisotopic (exact) mass is 411 g/mol. The van der Waals surface area contributed by atoms with Gasteiger partial charge in [-0.1, -0.05) is 30.3 Å². The number of rotatable bonds is 6. The van der Waals surface area contributed by atoms with Crippen LogP contribution in [0.1, 0.15) is 17.5 Å². The van der Waals surface area contributed by atoms with Crippen LogP contribution in [0.2, 0.25) is 0 Å². The van der Waals surface area contributed by atoms with Gasteiger partial charge in [-0.15, -0.1) is 13.2 Å². The van der Waals surface area contributed by atoms with Crippen molar-refractivity contribution in [2.75, 3.05) is 13.1 Å². The lowest BCUT2D eigenvalue weighted by molar-refractivity contribution is -0.274. The first-order valence-corrected chi connectivity index (χ1v) is 10.2. The molecule has 2 unspecified atom stereocenters. The van der Waals surface area contributed by atoms with Gasteiger partial charge < -0.3 is 4.74 Å². The first kappa shape index (κ1) is 19.4. The van der Waals surface area contributed by atoms with Gasteiger partial charge in [0.1, 0.15) is 5.75 Å². The van der Waals surface area contributed by atoms with Gasteiger partial charge in [0.05, 0.1) is 5.52 Å². The van der Waals surface area contributed by atoms with Gasteiger partial charge in [0.15, 0.2) is 0 Å². The first-order valence-electron chi connectivity index (χ1n) is 10.2. The van der Waals surface area contributed by atoms with Gasteiger partial charge in [0.2, 0.25) is 0 Å². The van der Waals surface area contributed by atoms with Crippen LogP contribution in [-0.4, -0.2) is 29.3 Å². The molecule has 1 aromatic heterocycles. The number of aromatic nitrogens is 1. The molecule has 5 rings (SSSR count). The molecule has 6 heteroatoms. The van der Waals surface area contributed by atoms with Crippen LogP contribution in [0.25, 0.3) is 10.9 Å². The lowest BCUT2D eigenvalue weighted by atomic mass is 10.0. The Labute approximate surface area is 173 Å². The molecule has 1 aliphatic heterocycles. The second kappa shape index (κ2) is 7.58. The Morgan fingerprint density at radius 2 is 1.87 bits per heavy atom. The number of likely N-dealkylation sites (tertiary alicyclic amines) is 1. The van der Waals surface area contributed by atoms with Crippen molar-refractivity contribution in [1.82, 2.24) is 9.88 Å². The maximum Gasteiger partial charge on any atom is 0.573 e. The van der Waals surface area contributed by atoms with E-state index in [4.69, 9.17) is 0 Å². The van der Waals surface area contributed by atoms with E-state index < -0.39 is 6.36 Å². The van der Waals surface area contributed by atoms with Crippen molar-refractivity contribution in [3.8, 4) is 5.75 Å². The number of alkyl halides is 3. The van der Waals surface area contributed by atoms with Gasteiger partial charge in [-0.2, -0.15) is 0 Å². The number of hydrogen-bond donors (Lipinski definition) is 0. The van der Waals surface area contributed by atoms with Crippen LogP contribution in [0.3, 0.4) is 0 Å². The minimum Gasteiger partial charge on any atom is -0.406 e. The summed E-state index contributed by atoms with van der Waals surface area (Å²) in [6, 6.07) is 16.7. The number of nitrogens with zero attached hydrogens (tertiary/aromatic N) is 2. The number of fused-ring (bicyclic) bond motifs is 2. The Bertz CT molecular complexity index is 1040. The highest BCUT2D eigenvalue weighted by Crippen LogP contribution is 2.54. The zero-order chi connectivity index (χ0) is 20.7. The van der Waals surface area contributed by atoms with Crippen LogP contribution in [-0.2, 0) is 6.54 Å². The Balaban J connectivity index is 1.11. The number of pyridine rings is 1. The van der Waals surface area contributed by atoms with Gasteiger partial charge in [0.25, 0.3) is 0 Å². The number of halogens is 3. The van der Waals surface area contributed by atoms with Crippen LogP contribution in [0.5, 0.6) is 5.75 Å². The number of ether oxygens (including phenoxy) is 1. The highest BCUT2D eigenvalue weighted by molar-refractivity contribution is 5.78. The van der Waals surface area contributed by atoms with Gasteiger partial charge in [-0.3, -0.25) is 9.88 Å². The second-order valence-electron chi connectivity index (χ2n) is 8.28. The summed E-state index contributed by atoms with van der Waals surface area (Å²) in [5.74, 6) is 1.85. The standard InChI is InChI=1S/C24H22F3N2O/c25-24(26,27)30-19-5-1-3-16(11-19)7-9-20-21-14-29(15-22(20)21)13-17-6-8-18-4-2-10-28-23(18)12-17/h1-8,10-12,20-22H,9,13-15H2. The SMILES string of the molecule is FC(F)(F)Oc1cccc([CH]CC2C3CN(Cc4ccc5cccnc5c4)CC23)c1. The van der Waals surface area contributed by atoms with Gasteiger partial charge in [-0.05, 0) is 66.0 Å². The summed E-state index contributed by atoms with van der Waals surface area (Å²) in [5.41, 5.74) is 3.10. The molecule has 0 amide bonds. The summed E-state index contributed by atoms with van der Waals surface area (Å²) >= 11 is 0. The average molecular weight is 411 g/mol. The largest absolute Gasteiger partial charge is 0.573 e. The van der Waals surface area contributed by atoms with E-state index in [9.17, 15) is 13.2 Å². The van der Waals surface area contributed by atoms with Crippen molar-refractivity contribution in [1.29, 1.82) is 0 Å². The Kier molecular flexibility index (Phi) is 4.89. The highest BCUT2D eigenvalue weighted by Gasteiger charge is 2.54. The topological polar surface area (TPSA) is 25.4 Å². The minimum atomic E-state index is -4.66. The highest BCUT2D eigenvalue weighted by atomic mass is 19.4. The molecule has 3 nitrogen and oxygen atoms in total. The van der Waals surface area contributed by atoms with Gasteiger partial charge in [0, 0.05) is 31.2 Å². The third kappa shape index (κ3) is 4.29. The molecule has 30 heavy (non-hydrogen) atoms. The van der Waals surface area contributed by atoms with Crippen LogP contribution in [0.4, 0.5) is 13.2 Å². The molecule has 1 radical (unpaired) electrons. The summed E-state index contributed by atoms with van der Waals surface area (Å²) in [5, 5.41) is 1.16. The van der Waals surface area contributed by atoms with Gasteiger partial charge >= 0.3 is 6.36 Å². The summed E-state index contributed by atoms with van der Waals surface area (Å²) in [6.45, 7) is 3.11. The minimum absolute atomic E-state index is 0.164. The van der Waals surface area contributed by atoms with Crippen LogP contribution >= 0.6 is 0 Å². The van der Waals surface area contributed by atoms with Crippen LogP contribution < -0.4 is 4.74 Å². The molecular weight excluding hydrogens is 389 g/mol. The van der Waals surface area contributed by atoms with E-state index in [1.807, 2.05) is 24.8 Å². The lowest BCUT2D eigenvalue weighted by Crippen LogP contribution is -2.24. The normalized spacial score (nSPS) is 23.5. The lowest BCUT2D eigenvalue weighted by Gasteiger charge is -2.19. The number of hydrogen-bond acceptors (Lipinski definition) is 3. The fourth-order valence-corrected chi connectivity index (χ4v) is 4.79. The zero-order valence-electron chi connectivity index (χ0n) is 16.3. The predicted molar refractivity (Wildman–Crippen MR) is 109 cm³/mol. The molecule has 2 fully saturated rings. The number of benzene rings is 2. The molecule has 2 heterocycles. The molecule has 2 aliphatic rings. The second-order valence-corrected chi connectivity index (χ2v) is 8.28. The molecule has 2 aromatic carbocycles. The van der Waals surface area contributed by atoms with Crippen molar-refractivity contribution >= 4 is 10.9 Å². The quantitative estimate of drug-likeness (QED) is 0.539. The summed E-state index contributed by atoms with van der Waals surface area (Å²) in [4.78, 5) is 6.93. The third-order valence-corrected chi connectivity index (χ3v) is 6.24. The first-order chi connectivity index (χ1) is 14.4. The summed E-state index contributed by atoms with van der Waals surface area (Å²) in [7, 11) is 0. The smallest absolute Gasteiger partial charge is 0.406 e. The molecule has 1 saturated carbocycles. The molecule has 1 aliphatic carbocycles. The molecule has 0 spiro atoms. The number of piperidine rings is 1. The summed E-state index contributed by atoms with van der Waals surface area (Å²) < 4.78 is 41.2. The Hall–Kier alpha value is -2.60. The Morgan fingerprint density at radius 1 is 1.03 bits per heavy atom. The maximum atomic E-state index is 12.4. The van der Waals surface area contributed by atoms with Crippen molar-refractivity contribution < 1.29 is 17.9 Å². The average Bonchev–Trinajstić information content (AvgIpc) is 3.16. The molecular formula is C24H22F3N2O. The predicted octanol–water partition coefficient (Wildman–Crippen LogP) is 5.45. The molecule has 3 aromatic rings. The van der Waals surface area contributed by atoms with Crippen LogP contribution in [0.15, 0.2) is 60.8 Å². The van der Waals surface area contributed by atoms with Crippen LogP contribution in [0, 0.1) is 24.2 Å². The van der Waals surface area contributed by atoms with E-state index in [2.05, 4.69) is 38.9 Å². The summed E-state index contributed by atoms with van der Waals surface area (Å²) in [6.07, 6.45) is 0.101. The van der Waals surface area contributed by atoms with Crippen molar-refractivity contribution in [2.45, 2.75) is 19.3 Å². The molecule has 0 bridgehead atoms. The fourth-order valence-electron chi connectivity index (χ4n) is 4.79. The molecule has 0 N–H and O–H groups in total. The van der Waals surface area contributed by atoms with Crippen molar-refractivity contribution in [3.05, 3.63) is 78.3 Å². The molecule has 2 atom stereocenters. The van der Waals surface area contributed by atoms with E-state index in [1.165, 1.54) is 17.7 Å². The maximum absolute atomic E-state index is 12.4. The van der Waals surface area contributed by atoms with Gasteiger partial charge in [-0.25, -0.2) is 0 Å². The third-order valence-electron chi connectivity index (χ3n) is 6.24. The van der Waals surface area contributed by atoms with E-state index in [-0.39, 0.29) is 5.75 Å². The van der Waals surface area contributed by atoms with E-state index in [0.29, 0.717) is 17.8 Å². The zero-order valence-corrected chi connectivity index (χ0v) is 16.3. The van der Waals surface area contributed by atoms with E-state index >= 15 is 0 Å².